The Morgan fingerprint density at radius 2 is 2.24 bits per heavy atom. The summed E-state index contributed by atoms with van der Waals surface area (Å²) in [6.07, 6.45) is -1.55. The van der Waals surface area contributed by atoms with Crippen LogP contribution in [0.1, 0.15) is 11.6 Å². The van der Waals surface area contributed by atoms with Crippen molar-refractivity contribution in [2.24, 2.45) is 0 Å². The normalized spacial score (nSPS) is 22.6. The van der Waals surface area contributed by atoms with Crippen LogP contribution in [-0.4, -0.2) is 30.5 Å². The Morgan fingerprint density at radius 1 is 1.53 bits per heavy atom. The zero-order chi connectivity index (χ0) is 12.6. The summed E-state index contributed by atoms with van der Waals surface area (Å²) in [5, 5.41) is 8.90. The van der Waals surface area contributed by atoms with Gasteiger partial charge in [-0.05, 0) is 17.7 Å². The maximum Gasteiger partial charge on any atom is 0.423 e. The van der Waals surface area contributed by atoms with Crippen LogP contribution in [0.4, 0.5) is 4.79 Å². The molecule has 0 spiro atoms. The Labute approximate surface area is 106 Å². The van der Waals surface area contributed by atoms with Crippen molar-refractivity contribution in [3.63, 3.8) is 0 Å². The van der Waals surface area contributed by atoms with Gasteiger partial charge in [0.25, 0.3) is 0 Å². The lowest BCUT2D eigenvalue weighted by Gasteiger charge is -2.17. The highest BCUT2D eigenvalue weighted by atomic mass is 79.9. The van der Waals surface area contributed by atoms with Crippen molar-refractivity contribution >= 4 is 32.3 Å². The zero-order valence-electron chi connectivity index (χ0n) is 8.41. The van der Waals surface area contributed by atoms with Gasteiger partial charge in [0.1, 0.15) is 6.04 Å². The molecule has 1 amide bonds. The number of benzene rings is 1. The molecule has 0 saturated carbocycles. The second-order valence-electron chi connectivity index (χ2n) is 3.39. The Kier molecular flexibility index (Phi) is 3.11. The van der Waals surface area contributed by atoms with Crippen LogP contribution in [0.15, 0.2) is 28.7 Å². The van der Waals surface area contributed by atoms with Crippen LogP contribution < -0.4 is 0 Å². The number of carbonyl (C=O) groups is 1. The molecule has 17 heavy (non-hydrogen) atoms. The third-order valence-corrected chi connectivity index (χ3v) is 4.14. The molecule has 1 N–H and O–H groups in total. The number of hydrogen-bond donors (Lipinski definition) is 1. The molecule has 6 nitrogen and oxygen atoms in total. The van der Waals surface area contributed by atoms with Crippen LogP contribution in [0, 0.1) is 0 Å². The van der Waals surface area contributed by atoms with Gasteiger partial charge in [-0.25, -0.2) is 4.79 Å². The van der Waals surface area contributed by atoms with Gasteiger partial charge in [0, 0.05) is 4.47 Å². The quantitative estimate of drug-likeness (QED) is 0.851. The van der Waals surface area contributed by atoms with Crippen molar-refractivity contribution in [3.05, 3.63) is 34.3 Å². The molecule has 0 aromatic heterocycles. The standard InChI is InChI=1S/C9H8BrNO5S/c10-7-3-1-2-6(4-7)8-5-16-17(14,15)11(8)9(12)13/h1-4,8H,5H2,(H,12,13). The minimum atomic E-state index is -4.18. The van der Waals surface area contributed by atoms with E-state index in [1.54, 1.807) is 24.3 Å². The highest BCUT2D eigenvalue weighted by Gasteiger charge is 2.43. The zero-order valence-corrected chi connectivity index (χ0v) is 10.8. The molecule has 2 rings (SSSR count). The van der Waals surface area contributed by atoms with Crippen LogP contribution in [0.25, 0.3) is 0 Å². The molecule has 1 aromatic carbocycles. The number of carboxylic acid groups (broad SMARTS) is 1. The van der Waals surface area contributed by atoms with Gasteiger partial charge in [0.05, 0.1) is 6.61 Å². The highest BCUT2D eigenvalue weighted by Crippen LogP contribution is 2.32. The molecule has 92 valence electrons. The average molecular weight is 322 g/mol. The van der Waals surface area contributed by atoms with Crippen LogP contribution in [0.5, 0.6) is 0 Å². The molecule has 0 aliphatic carbocycles. The lowest BCUT2D eigenvalue weighted by atomic mass is 10.1. The largest absolute Gasteiger partial charge is 0.464 e. The summed E-state index contributed by atoms with van der Waals surface area (Å²) in [7, 11) is -4.18. The molecule has 0 bridgehead atoms. The van der Waals surface area contributed by atoms with E-state index in [0.29, 0.717) is 9.87 Å². The first-order chi connectivity index (χ1) is 7.92. The lowest BCUT2D eigenvalue weighted by Crippen LogP contribution is -2.33. The summed E-state index contributed by atoms with van der Waals surface area (Å²) in [5.74, 6) is 0. The van der Waals surface area contributed by atoms with E-state index >= 15 is 0 Å². The number of hydrogen-bond acceptors (Lipinski definition) is 4. The predicted molar refractivity (Wildman–Crippen MR) is 61.6 cm³/mol. The molecular weight excluding hydrogens is 314 g/mol. The first kappa shape index (κ1) is 12.3. The van der Waals surface area contributed by atoms with Crippen LogP contribution in [-0.2, 0) is 14.5 Å². The van der Waals surface area contributed by atoms with Crippen molar-refractivity contribution in [1.82, 2.24) is 4.31 Å². The molecule has 1 atom stereocenters. The summed E-state index contributed by atoms with van der Waals surface area (Å²) >= 11 is 3.24. The molecular formula is C9H8BrNO5S. The molecule has 1 aliphatic heterocycles. The topological polar surface area (TPSA) is 83.9 Å². The highest BCUT2D eigenvalue weighted by molar-refractivity contribution is 9.10. The van der Waals surface area contributed by atoms with E-state index in [1.807, 2.05) is 0 Å². The summed E-state index contributed by atoms with van der Waals surface area (Å²) in [6, 6.07) is 5.93. The van der Waals surface area contributed by atoms with Gasteiger partial charge >= 0.3 is 16.4 Å². The van der Waals surface area contributed by atoms with Gasteiger partial charge < -0.3 is 5.11 Å². The molecule has 0 radical (unpaired) electrons. The van der Waals surface area contributed by atoms with Crippen molar-refractivity contribution in [3.8, 4) is 0 Å². The van der Waals surface area contributed by atoms with E-state index in [1.165, 1.54) is 0 Å². The van der Waals surface area contributed by atoms with Gasteiger partial charge in [0.2, 0.25) is 0 Å². The summed E-state index contributed by atoms with van der Waals surface area (Å²) in [4.78, 5) is 10.9. The Bertz CT molecular complexity index is 558. The van der Waals surface area contributed by atoms with Crippen molar-refractivity contribution in [2.45, 2.75) is 6.04 Å². The van der Waals surface area contributed by atoms with Crippen molar-refractivity contribution in [1.29, 1.82) is 0 Å². The third-order valence-electron chi connectivity index (χ3n) is 2.32. The second kappa shape index (κ2) is 4.28. The van der Waals surface area contributed by atoms with Gasteiger partial charge in [0.15, 0.2) is 0 Å². The minimum absolute atomic E-state index is 0.203. The molecule has 1 aromatic rings. The average Bonchev–Trinajstić information content (AvgIpc) is 2.54. The SMILES string of the molecule is O=C(O)N1C(c2cccc(Br)c2)COS1(=O)=O. The summed E-state index contributed by atoms with van der Waals surface area (Å²) in [5.41, 5.74) is 0.558. The van der Waals surface area contributed by atoms with E-state index in [2.05, 4.69) is 20.1 Å². The number of halogens is 1. The molecule has 1 fully saturated rings. The fourth-order valence-corrected chi connectivity index (χ4v) is 3.12. The van der Waals surface area contributed by atoms with Gasteiger partial charge in [-0.1, -0.05) is 28.1 Å². The third kappa shape index (κ3) is 2.28. The number of amides is 1. The van der Waals surface area contributed by atoms with Crippen LogP contribution in [0.3, 0.4) is 0 Å². The maximum absolute atomic E-state index is 11.4. The molecule has 1 heterocycles. The van der Waals surface area contributed by atoms with E-state index < -0.39 is 22.4 Å². The molecule has 1 aliphatic rings. The van der Waals surface area contributed by atoms with E-state index in [4.69, 9.17) is 5.11 Å². The van der Waals surface area contributed by atoms with E-state index in [0.717, 1.165) is 4.47 Å². The smallest absolute Gasteiger partial charge is 0.423 e. The van der Waals surface area contributed by atoms with Crippen molar-refractivity contribution in [2.75, 3.05) is 6.61 Å². The molecule has 1 unspecified atom stereocenters. The number of rotatable bonds is 1. The second-order valence-corrected chi connectivity index (χ2v) is 5.79. The Hall–Kier alpha value is -1.12. The van der Waals surface area contributed by atoms with Crippen molar-refractivity contribution < 1.29 is 22.5 Å². The van der Waals surface area contributed by atoms with Crippen LogP contribution in [0.2, 0.25) is 0 Å². The minimum Gasteiger partial charge on any atom is -0.464 e. The van der Waals surface area contributed by atoms with Gasteiger partial charge in [-0.2, -0.15) is 12.7 Å². The lowest BCUT2D eigenvalue weighted by molar-refractivity contribution is 0.164. The Balaban J connectivity index is 2.43. The van der Waals surface area contributed by atoms with Gasteiger partial charge in [-0.3, -0.25) is 4.18 Å². The molecule has 8 heteroatoms. The van der Waals surface area contributed by atoms with E-state index in [9.17, 15) is 13.2 Å². The maximum atomic E-state index is 11.4. The molecule has 1 saturated heterocycles. The van der Waals surface area contributed by atoms with E-state index in [-0.39, 0.29) is 6.61 Å². The van der Waals surface area contributed by atoms with Crippen LogP contribution >= 0.6 is 15.9 Å². The summed E-state index contributed by atoms with van der Waals surface area (Å²) in [6.45, 7) is -0.203. The first-order valence-corrected chi connectivity index (χ1v) is 6.75. The number of nitrogens with zero attached hydrogens (tertiary/aromatic N) is 1. The fourth-order valence-electron chi connectivity index (χ4n) is 1.61. The Morgan fingerprint density at radius 3 is 2.82 bits per heavy atom. The predicted octanol–water partition coefficient (Wildman–Crippen LogP) is 1.75. The first-order valence-electron chi connectivity index (χ1n) is 4.59. The van der Waals surface area contributed by atoms with Gasteiger partial charge in [-0.15, -0.1) is 0 Å². The monoisotopic (exact) mass is 321 g/mol. The summed E-state index contributed by atoms with van der Waals surface area (Å²) < 4.78 is 28.4. The fraction of sp³-hybridized carbons (Fsp3) is 0.222.